The molecule has 168 valence electrons. The smallest absolute Gasteiger partial charge is 0.254 e. The lowest BCUT2D eigenvalue weighted by Crippen LogP contribution is -2.45. The molecular formula is C19H28N2O7S2. The van der Waals surface area contributed by atoms with Gasteiger partial charge in [0.1, 0.15) is 10.6 Å². The third-order valence-corrected chi connectivity index (χ3v) is 9.09. The number of methoxy groups -OCH3 is 1. The second-order valence-corrected chi connectivity index (χ2v) is 12.2. The van der Waals surface area contributed by atoms with Gasteiger partial charge in [-0.1, -0.05) is 0 Å². The molecule has 9 nitrogen and oxygen atoms in total. The fourth-order valence-electron chi connectivity index (χ4n) is 3.80. The molecule has 0 aromatic heterocycles. The third-order valence-electron chi connectivity index (χ3n) is 5.50. The molecule has 30 heavy (non-hydrogen) atoms. The van der Waals surface area contributed by atoms with Crippen LogP contribution in [0.4, 0.5) is 0 Å². The van der Waals surface area contributed by atoms with Crippen molar-refractivity contribution in [2.45, 2.75) is 36.3 Å². The Morgan fingerprint density at radius 2 is 2.00 bits per heavy atom. The molecule has 2 heterocycles. The molecule has 2 saturated heterocycles. The maximum absolute atomic E-state index is 13.4. The highest BCUT2D eigenvalue weighted by atomic mass is 32.2. The fourth-order valence-corrected chi connectivity index (χ4v) is 6.61. The lowest BCUT2D eigenvalue weighted by molar-refractivity contribution is 0.0441. The Morgan fingerprint density at radius 3 is 2.53 bits per heavy atom. The van der Waals surface area contributed by atoms with Crippen LogP contribution in [0.5, 0.6) is 5.75 Å². The van der Waals surface area contributed by atoms with Gasteiger partial charge in [-0.2, -0.15) is 0 Å². The van der Waals surface area contributed by atoms with Crippen LogP contribution in [0.1, 0.15) is 29.6 Å². The van der Waals surface area contributed by atoms with Crippen molar-refractivity contribution in [3.63, 3.8) is 0 Å². The molecule has 11 heteroatoms. The van der Waals surface area contributed by atoms with Gasteiger partial charge in [-0.15, -0.1) is 0 Å². The number of hydrogen-bond acceptors (Lipinski definition) is 7. The second kappa shape index (κ2) is 8.81. The molecule has 2 fully saturated rings. The molecular weight excluding hydrogens is 432 g/mol. The lowest BCUT2D eigenvalue weighted by Gasteiger charge is -2.31. The highest BCUT2D eigenvalue weighted by molar-refractivity contribution is 7.91. The Bertz CT molecular complexity index is 1000. The first-order valence-electron chi connectivity index (χ1n) is 9.79. The Hall–Kier alpha value is -1.69. The van der Waals surface area contributed by atoms with Crippen molar-refractivity contribution in [3.05, 3.63) is 23.8 Å². The van der Waals surface area contributed by atoms with E-state index in [1.54, 1.807) is 0 Å². The number of sulfonamides is 1. The molecule has 0 aliphatic carbocycles. The zero-order valence-electron chi connectivity index (χ0n) is 17.4. The maximum atomic E-state index is 13.4. The number of sulfone groups is 1. The van der Waals surface area contributed by atoms with Crippen molar-refractivity contribution in [3.8, 4) is 5.75 Å². The van der Waals surface area contributed by atoms with Crippen molar-refractivity contribution < 1.29 is 31.1 Å². The summed E-state index contributed by atoms with van der Waals surface area (Å²) in [5, 5.41) is 0. The van der Waals surface area contributed by atoms with Crippen molar-refractivity contribution in [1.82, 2.24) is 9.21 Å². The molecule has 2 atom stereocenters. The SMILES string of the molecule is COc1ccc(C(=O)N(C[C@@H]2CCCO2)[C@H]2CCS(=O)(=O)C2)cc1S(=O)(=O)N(C)C. The van der Waals surface area contributed by atoms with Crippen molar-refractivity contribution in [2.75, 3.05) is 45.9 Å². The number of ether oxygens (including phenoxy) is 2. The molecule has 0 radical (unpaired) electrons. The molecule has 0 saturated carbocycles. The van der Waals surface area contributed by atoms with E-state index in [2.05, 4.69) is 0 Å². The largest absolute Gasteiger partial charge is 0.495 e. The Balaban J connectivity index is 1.97. The Labute approximate surface area is 177 Å². The van der Waals surface area contributed by atoms with Gasteiger partial charge in [-0.3, -0.25) is 4.79 Å². The number of carbonyl (C=O) groups excluding carboxylic acids is 1. The molecule has 0 N–H and O–H groups in total. The molecule has 1 aromatic rings. The highest BCUT2D eigenvalue weighted by Crippen LogP contribution is 2.29. The minimum atomic E-state index is -3.84. The average Bonchev–Trinajstić information content (AvgIpc) is 3.33. The predicted molar refractivity (Wildman–Crippen MR) is 111 cm³/mol. The van der Waals surface area contributed by atoms with E-state index in [4.69, 9.17) is 9.47 Å². The Kier molecular flexibility index (Phi) is 6.75. The summed E-state index contributed by atoms with van der Waals surface area (Å²) in [6.07, 6.45) is 1.90. The molecule has 1 amide bonds. The van der Waals surface area contributed by atoms with E-state index < -0.39 is 31.8 Å². The summed E-state index contributed by atoms with van der Waals surface area (Å²) in [5.41, 5.74) is 0.165. The van der Waals surface area contributed by atoms with Gasteiger partial charge in [0.2, 0.25) is 10.0 Å². The van der Waals surface area contributed by atoms with E-state index in [1.807, 2.05) is 0 Å². The molecule has 0 bridgehead atoms. The van der Waals surface area contributed by atoms with Gasteiger partial charge in [-0.05, 0) is 37.5 Å². The van der Waals surface area contributed by atoms with Gasteiger partial charge in [0.25, 0.3) is 5.91 Å². The zero-order chi connectivity index (χ0) is 22.1. The monoisotopic (exact) mass is 460 g/mol. The summed E-state index contributed by atoms with van der Waals surface area (Å²) < 4.78 is 61.3. The number of benzene rings is 1. The number of amides is 1. The van der Waals surface area contributed by atoms with E-state index in [1.165, 1.54) is 44.3 Å². The van der Waals surface area contributed by atoms with E-state index in [0.29, 0.717) is 13.0 Å². The van der Waals surface area contributed by atoms with Crippen molar-refractivity contribution in [2.24, 2.45) is 0 Å². The van der Waals surface area contributed by atoms with Gasteiger partial charge in [0.15, 0.2) is 9.84 Å². The van der Waals surface area contributed by atoms with Crippen LogP contribution in [-0.4, -0.2) is 90.0 Å². The first-order valence-corrected chi connectivity index (χ1v) is 13.0. The molecule has 1 aromatic carbocycles. The van der Waals surface area contributed by atoms with Crippen molar-refractivity contribution in [1.29, 1.82) is 0 Å². The quantitative estimate of drug-likeness (QED) is 0.591. The fraction of sp³-hybridized carbons (Fsp3) is 0.632. The minimum absolute atomic E-state index is 0.0375. The number of nitrogens with zero attached hydrogens (tertiary/aromatic N) is 2. The zero-order valence-corrected chi connectivity index (χ0v) is 19.0. The maximum Gasteiger partial charge on any atom is 0.254 e. The van der Waals surface area contributed by atoms with E-state index >= 15 is 0 Å². The molecule has 3 rings (SSSR count). The molecule has 2 aliphatic rings. The number of carbonyl (C=O) groups is 1. The van der Waals surface area contributed by atoms with Gasteiger partial charge >= 0.3 is 0 Å². The van der Waals surface area contributed by atoms with Crippen LogP contribution in [0.25, 0.3) is 0 Å². The molecule has 2 aliphatic heterocycles. The van der Waals surface area contributed by atoms with E-state index in [9.17, 15) is 21.6 Å². The van der Waals surface area contributed by atoms with Crippen LogP contribution in [0.15, 0.2) is 23.1 Å². The van der Waals surface area contributed by atoms with Crippen LogP contribution in [0, 0.1) is 0 Å². The van der Waals surface area contributed by atoms with Gasteiger partial charge in [0.05, 0.1) is 24.7 Å². The topological polar surface area (TPSA) is 110 Å². The van der Waals surface area contributed by atoms with Crippen LogP contribution in [-0.2, 0) is 24.6 Å². The highest BCUT2D eigenvalue weighted by Gasteiger charge is 2.37. The summed E-state index contributed by atoms with van der Waals surface area (Å²) in [4.78, 5) is 14.8. The summed E-state index contributed by atoms with van der Waals surface area (Å²) >= 11 is 0. The summed E-state index contributed by atoms with van der Waals surface area (Å²) in [5.74, 6) is -0.333. The summed E-state index contributed by atoms with van der Waals surface area (Å²) in [6.45, 7) is 0.893. The van der Waals surface area contributed by atoms with Crippen LogP contribution in [0.3, 0.4) is 0 Å². The lowest BCUT2D eigenvalue weighted by atomic mass is 10.1. The minimum Gasteiger partial charge on any atom is -0.495 e. The first-order chi connectivity index (χ1) is 14.0. The van der Waals surface area contributed by atoms with E-state index in [0.717, 1.165) is 17.1 Å². The first kappa shape index (κ1) is 23.0. The summed E-state index contributed by atoms with van der Waals surface area (Å²) in [7, 11) is -2.89. The normalized spacial score (nSPS) is 23.6. The third kappa shape index (κ3) is 4.79. The van der Waals surface area contributed by atoms with Gasteiger partial charge in [0, 0.05) is 38.9 Å². The van der Waals surface area contributed by atoms with Crippen LogP contribution in [0.2, 0.25) is 0 Å². The molecule has 0 unspecified atom stereocenters. The van der Waals surface area contributed by atoms with Crippen LogP contribution >= 0.6 is 0 Å². The van der Waals surface area contributed by atoms with Gasteiger partial charge in [-0.25, -0.2) is 21.1 Å². The van der Waals surface area contributed by atoms with Gasteiger partial charge < -0.3 is 14.4 Å². The number of hydrogen-bond donors (Lipinski definition) is 0. The Morgan fingerprint density at radius 1 is 1.27 bits per heavy atom. The predicted octanol–water partition coefficient (Wildman–Crippen LogP) is 0.754. The van der Waals surface area contributed by atoms with Crippen molar-refractivity contribution >= 4 is 25.8 Å². The second-order valence-electron chi connectivity index (χ2n) is 7.80. The number of rotatable bonds is 7. The summed E-state index contributed by atoms with van der Waals surface area (Å²) in [6, 6.07) is 3.78. The standard InChI is InChI=1S/C19H28N2O7S2/c1-20(2)30(25,26)18-11-14(6-7-17(18)27-3)19(22)21(12-16-5-4-9-28-16)15-8-10-29(23,24)13-15/h6-7,11,15-16H,4-5,8-10,12-13H2,1-3H3/t15-,16-/m0/s1. The van der Waals surface area contributed by atoms with Crippen LogP contribution < -0.4 is 4.74 Å². The average molecular weight is 461 g/mol. The van der Waals surface area contributed by atoms with E-state index in [-0.39, 0.29) is 40.4 Å². The molecule has 0 spiro atoms.